The minimum atomic E-state index is 0.805. The van der Waals surface area contributed by atoms with Crippen LogP contribution in [0.4, 0.5) is 5.95 Å². The topological polar surface area (TPSA) is 55.6 Å². The molecule has 4 aromatic rings. The molecule has 0 atom stereocenters. The molecule has 2 aromatic heterocycles. The van der Waals surface area contributed by atoms with Gasteiger partial charge in [-0.15, -0.1) is 10.2 Å². The Kier molecular flexibility index (Phi) is 3.48. The lowest BCUT2D eigenvalue weighted by Gasteiger charge is -2.15. The second-order valence-corrected chi connectivity index (χ2v) is 6.55. The van der Waals surface area contributed by atoms with E-state index in [0.29, 0.717) is 0 Å². The van der Waals surface area contributed by atoms with Crippen LogP contribution in [0.2, 0.25) is 0 Å². The molecule has 0 aliphatic carbocycles. The van der Waals surface area contributed by atoms with E-state index in [1.165, 1.54) is 12.8 Å². The summed E-state index contributed by atoms with van der Waals surface area (Å²) >= 11 is 0. The van der Waals surface area contributed by atoms with Crippen LogP contribution in [-0.2, 0) is 0 Å². The Morgan fingerprint density at radius 2 is 1.62 bits per heavy atom. The standard InChI is InChI=1S/C20H19N5O/c1-26-15-10-8-14(9-11-15)18-16-6-2-3-7-17(16)19-21-22-20(25(19)23-18)24-12-4-5-13-24/h2-3,6-11H,4-5,12-13H2,1H3. The van der Waals surface area contributed by atoms with Crippen molar-refractivity contribution in [3.8, 4) is 17.0 Å². The average molecular weight is 345 g/mol. The first-order valence-corrected chi connectivity index (χ1v) is 8.89. The summed E-state index contributed by atoms with van der Waals surface area (Å²) in [6, 6.07) is 16.2. The molecule has 0 spiro atoms. The predicted molar refractivity (Wildman–Crippen MR) is 102 cm³/mol. The third-order valence-electron chi connectivity index (χ3n) is 5.00. The van der Waals surface area contributed by atoms with Gasteiger partial charge < -0.3 is 9.64 Å². The molecule has 26 heavy (non-hydrogen) atoms. The van der Waals surface area contributed by atoms with Gasteiger partial charge in [-0.1, -0.05) is 24.3 Å². The van der Waals surface area contributed by atoms with Crippen LogP contribution in [0.3, 0.4) is 0 Å². The van der Waals surface area contributed by atoms with Crippen molar-refractivity contribution in [2.75, 3.05) is 25.1 Å². The van der Waals surface area contributed by atoms with Gasteiger partial charge in [0.25, 0.3) is 0 Å². The van der Waals surface area contributed by atoms with E-state index in [9.17, 15) is 0 Å². The van der Waals surface area contributed by atoms with Gasteiger partial charge in [0.2, 0.25) is 5.95 Å². The van der Waals surface area contributed by atoms with Gasteiger partial charge in [-0.3, -0.25) is 0 Å². The Balaban J connectivity index is 1.78. The Bertz CT molecular complexity index is 1080. The fraction of sp³-hybridized carbons (Fsp3) is 0.250. The van der Waals surface area contributed by atoms with Crippen molar-refractivity contribution < 1.29 is 4.74 Å². The van der Waals surface area contributed by atoms with Crippen molar-refractivity contribution in [1.29, 1.82) is 0 Å². The van der Waals surface area contributed by atoms with Crippen LogP contribution in [0.15, 0.2) is 48.5 Å². The van der Waals surface area contributed by atoms with Gasteiger partial charge in [-0.25, -0.2) is 0 Å². The molecule has 5 rings (SSSR count). The first-order chi connectivity index (χ1) is 12.8. The van der Waals surface area contributed by atoms with E-state index < -0.39 is 0 Å². The highest BCUT2D eigenvalue weighted by Crippen LogP contribution is 2.31. The van der Waals surface area contributed by atoms with Crippen LogP contribution in [0.5, 0.6) is 5.75 Å². The summed E-state index contributed by atoms with van der Waals surface area (Å²) < 4.78 is 7.18. The highest BCUT2D eigenvalue weighted by Gasteiger charge is 2.21. The van der Waals surface area contributed by atoms with Crippen molar-refractivity contribution >= 4 is 22.4 Å². The molecule has 0 radical (unpaired) electrons. The molecule has 6 heteroatoms. The summed E-state index contributed by atoms with van der Waals surface area (Å²) in [6.45, 7) is 2.01. The zero-order chi connectivity index (χ0) is 17.5. The van der Waals surface area contributed by atoms with Gasteiger partial charge in [0, 0.05) is 29.4 Å². The third-order valence-corrected chi connectivity index (χ3v) is 5.00. The highest BCUT2D eigenvalue weighted by molar-refractivity contribution is 6.01. The van der Waals surface area contributed by atoms with E-state index in [-0.39, 0.29) is 0 Å². The molecule has 1 aliphatic heterocycles. The Morgan fingerprint density at radius 1 is 0.885 bits per heavy atom. The molecule has 0 unspecified atom stereocenters. The van der Waals surface area contributed by atoms with E-state index in [1.807, 2.05) is 40.9 Å². The van der Waals surface area contributed by atoms with Crippen LogP contribution < -0.4 is 9.64 Å². The largest absolute Gasteiger partial charge is 0.497 e. The summed E-state index contributed by atoms with van der Waals surface area (Å²) in [5.41, 5.74) is 2.78. The van der Waals surface area contributed by atoms with Crippen molar-refractivity contribution in [2.24, 2.45) is 0 Å². The van der Waals surface area contributed by atoms with Gasteiger partial charge >= 0.3 is 0 Å². The predicted octanol–water partition coefficient (Wildman–Crippen LogP) is 3.55. The van der Waals surface area contributed by atoms with E-state index in [4.69, 9.17) is 9.84 Å². The fourth-order valence-corrected chi connectivity index (χ4v) is 3.65. The number of hydrogen-bond donors (Lipinski definition) is 0. The first-order valence-electron chi connectivity index (χ1n) is 8.89. The number of rotatable bonds is 3. The van der Waals surface area contributed by atoms with Crippen molar-refractivity contribution in [3.63, 3.8) is 0 Å². The zero-order valence-corrected chi connectivity index (χ0v) is 14.6. The minimum absolute atomic E-state index is 0.805. The number of nitrogens with zero attached hydrogens (tertiary/aromatic N) is 5. The maximum absolute atomic E-state index is 5.28. The quantitative estimate of drug-likeness (QED) is 0.568. The van der Waals surface area contributed by atoms with Crippen LogP contribution in [0.1, 0.15) is 12.8 Å². The normalized spacial score (nSPS) is 14.4. The molecule has 1 aliphatic rings. The molecule has 3 heterocycles. The monoisotopic (exact) mass is 345 g/mol. The number of fused-ring (bicyclic) bond motifs is 3. The highest BCUT2D eigenvalue weighted by atomic mass is 16.5. The van der Waals surface area contributed by atoms with Crippen LogP contribution in [-0.4, -0.2) is 40.0 Å². The molecule has 0 amide bonds. The minimum Gasteiger partial charge on any atom is -0.497 e. The van der Waals surface area contributed by atoms with Gasteiger partial charge in [0.1, 0.15) is 5.75 Å². The number of aromatic nitrogens is 4. The van der Waals surface area contributed by atoms with E-state index in [1.54, 1.807) is 7.11 Å². The second kappa shape index (κ2) is 5.98. The number of anilines is 1. The Labute approximate surface area is 151 Å². The lowest BCUT2D eigenvalue weighted by Crippen LogP contribution is -2.21. The second-order valence-electron chi connectivity index (χ2n) is 6.55. The van der Waals surface area contributed by atoms with Crippen LogP contribution >= 0.6 is 0 Å². The smallest absolute Gasteiger partial charge is 0.248 e. The van der Waals surface area contributed by atoms with E-state index in [0.717, 1.165) is 52.5 Å². The Morgan fingerprint density at radius 3 is 2.35 bits per heavy atom. The summed E-state index contributed by atoms with van der Waals surface area (Å²) in [5.74, 6) is 1.67. The summed E-state index contributed by atoms with van der Waals surface area (Å²) in [6.07, 6.45) is 2.38. The number of methoxy groups -OCH3 is 1. The van der Waals surface area contributed by atoms with E-state index >= 15 is 0 Å². The summed E-state index contributed by atoms with van der Waals surface area (Å²) in [5, 5.41) is 16.0. The molecular formula is C20H19N5O. The molecule has 1 fully saturated rings. The number of benzene rings is 2. The lowest BCUT2D eigenvalue weighted by atomic mass is 10.0. The lowest BCUT2D eigenvalue weighted by molar-refractivity contribution is 0.415. The number of hydrogen-bond acceptors (Lipinski definition) is 5. The van der Waals surface area contributed by atoms with Crippen molar-refractivity contribution in [2.45, 2.75) is 12.8 Å². The zero-order valence-electron chi connectivity index (χ0n) is 14.6. The van der Waals surface area contributed by atoms with Crippen molar-refractivity contribution in [1.82, 2.24) is 19.8 Å². The average Bonchev–Trinajstić information content (AvgIpc) is 3.37. The Hall–Kier alpha value is -3.15. The summed E-state index contributed by atoms with van der Waals surface area (Å²) in [4.78, 5) is 2.26. The third kappa shape index (κ3) is 2.29. The SMILES string of the molecule is COc1ccc(-c2nn3c(N4CCCC4)nnc3c3ccccc23)cc1. The molecule has 1 saturated heterocycles. The van der Waals surface area contributed by atoms with Crippen LogP contribution in [0, 0.1) is 0 Å². The van der Waals surface area contributed by atoms with Crippen molar-refractivity contribution in [3.05, 3.63) is 48.5 Å². The first kappa shape index (κ1) is 15.1. The molecule has 6 nitrogen and oxygen atoms in total. The van der Waals surface area contributed by atoms with Gasteiger partial charge in [-0.05, 0) is 37.1 Å². The maximum atomic E-state index is 5.28. The van der Waals surface area contributed by atoms with E-state index in [2.05, 4.69) is 27.2 Å². The molecule has 130 valence electrons. The summed E-state index contributed by atoms with van der Waals surface area (Å²) in [7, 11) is 1.67. The van der Waals surface area contributed by atoms with Gasteiger partial charge in [-0.2, -0.15) is 9.61 Å². The van der Waals surface area contributed by atoms with Gasteiger partial charge in [0.15, 0.2) is 5.65 Å². The molecule has 0 saturated carbocycles. The number of ether oxygens (including phenoxy) is 1. The molecule has 2 aromatic carbocycles. The molecule has 0 N–H and O–H groups in total. The molecular weight excluding hydrogens is 326 g/mol. The maximum Gasteiger partial charge on any atom is 0.248 e. The van der Waals surface area contributed by atoms with Gasteiger partial charge in [0.05, 0.1) is 12.8 Å². The van der Waals surface area contributed by atoms with Crippen LogP contribution in [0.25, 0.3) is 27.7 Å². The fourth-order valence-electron chi connectivity index (χ4n) is 3.65. The molecule has 0 bridgehead atoms.